The van der Waals surface area contributed by atoms with Gasteiger partial charge in [0.25, 0.3) is 5.92 Å². The van der Waals surface area contributed by atoms with E-state index in [-0.39, 0.29) is 18.2 Å². The number of benzene rings is 1. The molecule has 2 unspecified atom stereocenters. The van der Waals surface area contributed by atoms with Crippen molar-refractivity contribution >= 4 is 15.7 Å². The van der Waals surface area contributed by atoms with Crippen molar-refractivity contribution in [1.82, 2.24) is 9.80 Å². The zero-order chi connectivity index (χ0) is 22.8. The molecule has 2 saturated heterocycles. The lowest BCUT2D eigenvalue weighted by molar-refractivity contribution is -0.0643. The highest BCUT2D eigenvalue weighted by atomic mass is 32.2. The number of para-hydroxylation sites is 1. The van der Waals surface area contributed by atoms with Gasteiger partial charge in [0.15, 0.2) is 0 Å². The summed E-state index contributed by atoms with van der Waals surface area (Å²) in [5.74, 6) is 0.479. The Morgan fingerprint density at radius 2 is 1.72 bits per heavy atom. The van der Waals surface area contributed by atoms with Gasteiger partial charge in [0.05, 0.1) is 11.8 Å². The Hall–Kier alpha value is -1.25. The second-order valence-electron chi connectivity index (χ2n) is 9.96. The van der Waals surface area contributed by atoms with Gasteiger partial charge >= 0.3 is 0 Å². The lowest BCUT2D eigenvalue weighted by atomic mass is 10.1. The Bertz CT molecular complexity index is 836. The maximum absolute atomic E-state index is 13.3. The van der Waals surface area contributed by atoms with Crippen molar-refractivity contribution in [2.75, 3.05) is 44.0 Å². The minimum absolute atomic E-state index is 0.0177. The fourth-order valence-corrected chi connectivity index (χ4v) is 6.80. The van der Waals surface area contributed by atoms with E-state index in [1.165, 1.54) is 19.5 Å². The van der Waals surface area contributed by atoms with Gasteiger partial charge in [0.1, 0.15) is 0 Å². The summed E-state index contributed by atoms with van der Waals surface area (Å²) in [6.07, 6.45) is 4.71. The van der Waals surface area contributed by atoms with Crippen LogP contribution in [-0.2, 0) is 10.0 Å². The predicted octanol–water partition coefficient (Wildman–Crippen LogP) is 4.29. The fraction of sp³-hybridized carbons (Fsp3) is 0.750. The molecule has 0 bridgehead atoms. The van der Waals surface area contributed by atoms with Crippen LogP contribution in [0, 0.1) is 17.8 Å². The predicted molar refractivity (Wildman–Crippen MR) is 124 cm³/mol. The smallest absolute Gasteiger partial charge is 0.260 e. The van der Waals surface area contributed by atoms with Crippen LogP contribution in [0.2, 0.25) is 0 Å². The third kappa shape index (κ3) is 6.41. The average Bonchev–Trinajstić information content (AvgIpc) is 3.66. The molecule has 8 heteroatoms. The first-order valence-corrected chi connectivity index (χ1v) is 13.7. The van der Waals surface area contributed by atoms with Gasteiger partial charge in [-0.2, -0.15) is 0 Å². The molecule has 2 aliphatic carbocycles. The quantitative estimate of drug-likeness (QED) is 0.617. The summed E-state index contributed by atoms with van der Waals surface area (Å²) < 4.78 is 52.0. The maximum atomic E-state index is 13.3. The highest BCUT2D eigenvalue weighted by molar-refractivity contribution is 7.93. The minimum Gasteiger partial charge on any atom is -0.303 e. The number of alkyl halides is 2. The van der Waals surface area contributed by atoms with Crippen molar-refractivity contribution in [3.63, 3.8) is 0 Å². The molecular formula is C24H37F2N3O2S. The molecular weight excluding hydrogens is 432 g/mol. The van der Waals surface area contributed by atoms with Crippen LogP contribution >= 0.6 is 0 Å². The monoisotopic (exact) mass is 469 g/mol. The van der Waals surface area contributed by atoms with Crippen LogP contribution in [0.1, 0.15) is 45.4 Å². The van der Waals surface area contributed by atoms with Crippen LogP contribution in [0.5, 0.6) is 0 Å². The molecule has 2 heterocycles. The van der Waals surface area contributed by atoms with E-state index in [1.54, 1.807) is 12.1 Å². The second-order valence-corrected chi connectivity index (χ2v) is 11.9. The number of anilines is 1. The van der Waals surface area contributed by atoms with Gasteiger partial charge in [0.2, 0.25) is 10.0 Å². The summed E-state index contributed by atoms with van der Waals surface area (Å²) in [6, 6.07) is 8.98. The number of rotatable bonds is 8. The van der Waals surface area contributed by atoms with Gasteiger partial charge in [-0.1, -0.05) is 31.5 Å². The van der Waals surface area contributed by atoms with Gasteiger partial charge < -0.3 is 4.90 Å². The number of sulfonamides is 1. The molecule has 5 rings (SSSR count). The summed E-state index contributed by atoms with van der Waals surface area (Å²) in [5, 5.41) is -0.160. The van der Waals surface area contributed by atoms with Crippen molar-refractivity contribution in [1.29, 1.82) is 0 Å². The summed E-state index contributed by atoms with van der Waals surface area (Å²) in [5.41, 5.74) is 0.648. The molecule has 32 heavy (non-hydrogen) atoms. The van der Waals surface area contributed by atoms with Gasteiger partial charge in [-0.05, 0) is 75.2 Å². The van der Waals surface area contributed by atoms with E-state index in [2.05, 4.69) is 16.5 Å². The number of halogens is 2. The molecule has 4 fully saturated rings. The van der Waals surface area contributed by atoms with Gasteiger partial charge in [-0.25, -0.2) is 17.2 Å². The van der Waals surface area contributed by atoms with Crippen molar-refractivity contribution in [2.45, 2.75) is 56.6 Å². The van der Waals surface area contributed by atoms with Crippen LogP contribution < -0.4 is 4.72 Å². The van der Waals surface area contributed by atoms with Crippen molar-refractivity contribution in [3.8, 4) is 0 Å². The zero-order valence-electron chi connectivity index (χ0n) is 19.1. The molecule has 1 aromatic rings. The lowest BCUT2D eigenvalue weighted by Gasteiger charge is -2.32. The fourth-order valence-electron chi connectivity index (χ4n) is 5.41. The highest BCUT2D eigenvalue weighted by Gasteiger charge is 2.53. The second kappa shape index (κ2) is 9.94. The van der Waals surface area contributed by atoms with E-state index in [9.17, 15) is 17.2 Å². The molecule has 2 atom stereocenters. The topological polar surface area (TPSA) is 52.7 Å². The molecule has 0 amide bonds. The zero-order valence-corrected chi connectivity index (χ0v) is 19.9. The normalized spacial score (nSPS) is 29.7. The molecule has 0 radical (unpaired) electrons. The Morgan fingerprint density at radius 1 is 1.06 bits per heavy atom. The van der Waals surface area contributed by atoms with E-state index in [4.69, 9.17) is 0 Å². The Kier molecular flexibility index (Phi) is 7.42. The number of hydrogen-bond acceptors (Lipinski definition) is 4. The largest absolute Gasteiger partial charge is 0.303 e. The van der Waals surface area contributed by atoms with Crippen LogP contribution in [0.3, 0.4) is 0 Å². The van der Waals surface area contributed by atoms with Crippen LogP contribution in [-0.4, -0.2) is 68.7 Å². The Labute approximate surface area is 191 Å². The molecule has 2 saturated carbocycles. The SMILES string of the molecule is CCC1C2CN(CCCN3CCCC(F)(F)C3)CC12.O=S(=O)(Nc1ccccc1)C1CC1. The van der Waals surface area contributed by atoms with Crippen LogP contribution in [0.25, 0.3) is 0 Å². The Morgan fingerprint density at radius 3 is 2.31 bits per heavy atom. The first kappa shape index (κ1) is 23.9. The lowest BCUT2D eigenvalue weighted by Crippen LogP contribution is -2.43. The third-order valence-electron chi connectivity index (χ3n) is 7.34. The van der Waals surface area contributed by atoms with Gasteiger partial charge in [-0.3, -0.25) is 9.62 Å². The number of hydrogen-bond donors (Lipinski definition) is 1. The Balaban J connectivity index is 0.000000165. The van der Waals surface area contributed by atoms with E-state index in [0.29, 0.717) is 12.1 Å². The number of nitrogens with zero attached hydrogens (tertiary/aromatic N) is 2. The summed E-state index contributed by atoms with van der Waals surface area (Å²) in [6.45, 7) is 7.61. The average molecular weight is 470 g/mol. The first-order valence-electron chi connectivity index (χ1n) is 12.2. The van der Waals surface area contributed by atoms with E-state index < -0.39 is 15.9 Å². The first-order chi connectivity index (χ1) is 15.3. The van der Waals surface area contributed by atoms with Gasteiger partial charge in [-0.15, -0.1) is 0 Å². The number of likely N-dealkylation sites (tertiary alicyclic amines) is 2. The summed E-state index contributed by atoms with van der Waals surface area (Å²) in [7, 11) is -3.09. The molecule has 4 aliphatic rings. The van der Waals surface area contributed by atoms with E-state index >= 15 is 0 Å². The van der Waals surface area contributed by atoms with Gasteiger partial charge in [0, 0.05) is 25.2 Å². The highest BCUT2D eigenvalue weighted by Crippen LogP contribution is 2.53. The van der Waals surface area contributed by atoms with Crippen LogP contribution in [0.15, 0.2) is 30.3 Å². The minimum atomic E-state index is -3.09. The molecule has 2 aliphatic heterocycles. The van der Waals surface area contributed by atoms with E-state index in [0.717, 1.165) is 56.7 Å². The van der Waals surface area contributed by atoms with Crippen molar-refractivity contribution in [3.05, 3.63) is 30.3 Å². The number of fused-ring (bicyclic) bond motifs is 1. The maximum Gasteiger partial charge on any atom is 0.260 e. The van der Waals surface area contributed by atoms with Crippen LogP contribution in [0.4, 0.5) is 14.5 Å². The standard InChI is InChI=1S/C15H26F2N2.C9H11NO2S/c1-2-12-13-9-19(10-14(12)13)8-4-7-18-6-3-5-15(16,17)11-18;11-13(12,9-6-7-9)10-8-4-2-1-3-5-8/h12-14H,2-11H2,1H3;1-5,9-10H,6-7H2. The van der Waals surface area contributed by atoms with Crippen molar-refractivity contribution < 1.29 is 17.2 Å². The molecule has 5 nitrogen and oxygen atoms in total. The molecule has 0 aromatic heterocycles. The summed E-state index contributed by atoms with van der Waals surface area (Å²) in [4.78, 5) is 4.50. The number of piperidine rings is 2. The molecule has 180 valence electrons. The third-order valence-corrected chi connectivity index (χ3v) is 9.21. The van der Waals surface area contributed by atoms with E-state index in [1.807, 2.05) is 23.1 Å². The molecule has 1 N–H and O–H groups in total. The molecule has 1 aromatic carbocycles. The van der Waals surface area contributed by atoms with Crippen molar-refractivity contribution in [2.24, 2.45) is 17.8 Å². The number of nitrogens with one attached hydrogen (secondary N) is 1. The molecule has 0 spiro atoms. The summed E-state index contributed by atoms with van der Waals surface area (Å²) >= 11 is 0.